The molecule has 1 aromatic carbocycles. The van der Waals surface area contributed by atoms with E-state index in [4.69, 9.17) is 21.5 Å². The molecule has 0 saturated heterocycles. The second-order valence-electron chi connectivity index (χ2n) is 7.12. The Labute approximate surface area is 181 Å². The Morgan fingerprint density at radius 2 is 1.94 bits per heavy atom. The number of benzene rings is 1. The second-order valence-corrected chi connectivity index (χ2v) is 7.52. The molecule has 2 aromatic rings. The maximum Gasteiger partial charge on any atom is 0.490 e. The van der Waals surface area contributed by atoms with Gasteiger partial charge in [0, 0.05) is 51.5 Å². The Hall–Kier alpha value is -2.59. The van der Waals surface area contributed by atoms with Crippen molar-refractivity contribution in [3.63, 3.8) is 0 Å². The van der Waals surface area contributed by atoms with Crippen molar-refractivity contribution >= 4 is 23.5 Å². The van der Waals surface area contributed by atoms with Crippen LogP contribution in [0.15, 0.2) is 36.5 Å². The molecule has 2 N–H and O–H groups in total. The number of carboxylic acids is 1. The minimum Gasteiger partial charge on any atom is -0.475 e. The van der Waals surface area contributed by atoms with Crippen LogP contribution in [0.1, 0.15) is 17.7 Å². The van der Waals surface area contributed by atoms with E-state index in [2.05, 4.69) is 27.0 Å². The first-order chi connectivity index (χ1) is 14.5. The van der Waals surface area contributed by atoms with Gasteiger partial charge in [0.05, 0.1) is 5.02 Å². The number of nitrogens with one attached hydrogen (secondary N) is 1. The number of nitrogens with zero attached hydrogens (tertiary/aromatic N) is 2. The molecule has 6 nitrogen and oxygen atoms in total. The number of rotatable bonds is 4. The summed E-state index contributed by atoms with van der Waals surface area (Å²) >= 11 is 5.76. The van der Waals surface area contributed by atoms with Gasteiger partial charge in [-0.3, -0.25) is 9.69 Å². The van der Waals surface area contributed by atoms with Crippen molar-refractivity contribution < 1.29 is 32.3 Å². The molecule has 0 radical (unpaired) electrons. The second kappa shape index (κ2) is 10.6. The summed E-state index contributed by atoms with van der Waals surface area (Å²) < 4.78 is 47.6. The van der Waals surface area contributed by atoms with Crippen LogP contribution in [-0.2, 0) is 29.2 Å². The molecule has 1 amide bonds. The molecule has 170 valence electrons. The number of carbonyl (C=O) groups is 2. The molecule has 0 aliphatic carbocycles. The van der Waals surface area contributed by atoms with E-state index < -0.39 is 18.0 Å². The maximum absolute atomic E-state index is 13.7. The van der Waals surface area contributed by atoms with Gasteiger partial charge in [-0.2, -0.15) is 13.2 Å². The number of carbonyl (C=O) groups excluding carboxylic acids is 1. The predicted octanol–water partition coefficient (Wildman–Crippen LogP) is 3.68. The van der Waals surface area contributed by atoms with Crippen molar-refractivity contribution in [3.05, 3.63) is 58.6 Å². The lowest BCUT2D eigenvalue weighted by Gasteiger charge is -2.23. The summed E-state index contributed by atoms with van der Waals surface area (Å²) in [6.45, 7) is 3.02. The van der Waals surface area contributed by atoms with Crippen molar-refractivity contribution in [3.8, 4) is 0 Å². The Kier molecular flexibility index (Phi) is 8.46. The van der Waals surface area contributed by atoms with Crippen molar-refractivity contribution in [2.75, 3.05) is 13.6 Å². The number of hydrogen-bond acceptors (Lipinski definition) is 3. The van der Waals surface area contributed by atoms with Crippen LogP contribution in [0.2, 0.25) is 5.02 Å². The summed E-state index contributed by atoms with van der Waals surface area (Å²) in [7, 11) is 1.66. The number of alkyl halides is 3. The minimum absolute atomic E-state index is 0.0492. The van der Waals surface area contributed by atoms with Crippen LogP contribution < -0.4 is 5.32 Å². The fourth-order valence-electron chi connectivity index (χ4n) is 3.28. The van der Waals surface area contributed by atoms with Gasteiger partial charge in [0.1, 0.15) is 5.82 Å². The number of fused-ring (bicyclic) bond motifs is 1. The summed E-state index contributed by atoms with van der Waals surface area (Å²) in [6, 6.07) is 9.05. The van der Waals surface area contributed by atoms with Crippen molar-refractivity contribution in [2.45, 2.75) is 32.2 Å². The molecular formula is C20H22ClF4N3O3. The number of aromatic nitrogens is 1. The van der Waals surface area contributed by atoms with Gasteiger partial charge in [0.2, 0.25) is 5.91 Å². The highest BCUT2D eigenvalue weighted by atomic mass is 35.5. The monoisotopic (exact) mass is 463 g/mol. The first-order valence-corrected chi connectivity index (χ1v) is 9.68. The number of carboxylic acid groups (broad SMARTS) is 1. The highest BCUT2D eigenvalue weighted by molar-refractivity contribution is 6.30. The van der Waals surface area contributed by atoms with Gasteiger partial charge in [-0.25, -0.2) is 9.18 Å². The lowest BCUT2D eigenvalue weighted by molar-refractivity contribution is -0.192. The van der Waals surface area contributed by atoms with E-state index in [0.29, 0.717) is 13.0 Å². The van der Waals surface area contributed by atoms with Crippen LogP contribution in [-0.4, -0.2) is 46.2 Å². The van der Waals surface area contributed by atoms with Crippen LogP contribution in [0.25, 0.3) is 0 Å². The molecule has 1 unspecified atom stereocenters. The zero-order chi connectivity index (χ0) is 23.2. The average Bonchev–Trinajstić information content (AvgIpc) is 3.04. The van der Waals surface area contributed by atoms with E-state index in [1.807, 2.05) is 12.1 Å². The molecule has 0 spiro atoms. The molecule has 11 heteroatoms. The van der Waals surface area contributed by atoms with Crippen molar-refractivity contribution in [2.24, 2.45) is 5.92 Å². The first kappa shape index (κ1) is 24.7. The molecule has 0 bridgehead atoms. The average molecular weight is 464 g/mol. The van der Waals surface area contributed by atoms with Gasteiger partial charge < -0.3 is 15.0 Å². The summed E-state index contributed by atoms with van der Waals surface area (Å²) in [5, 5.41) is 9.96. The van der Waals surface area contributed by atoms with Gasteiger partial charge in [0.25, 0.3) is 0 Å². The Morgan fingerprint density at radius 3 is 2.52 bits per heavy atom. The molecule has 1 atom stereocenters. The lowest BCUT2D eigenvalue weighted by atomic mass is 10.0. The Morgan fingerprint density at radius 1 is 1.26 bits per heavy atom. The van der Waals surface area contributed by atoms with Crippen molar-refractivity contribution in [1.29, 1.82) is 0 Å². The van der Waals surface area contributed by atoms with Crippen molar-refractivity contribution in [1.82, 2.24) is 14.8 Å². The SMILES string of the molecule is CNC(=O)CC1CN(Cc2ccc(Cl)c(F)c2)Cc2cccn2C1.O=C(O)C(F)(F)F. The van der Waals surface area contributed by atoms with Gasteiger partial charge in [-0.1, -0.05) is 17.7 Å². The van der Waals surface area contributed by atoms with E-state index >= 15 is 0 Å². The quantitative estimate of drug-likeness (QED) is 0.678. The number of aliphatic carboxylic acids is 1. The fraction of sp³-hybridized carbons (Fsp3) is 0.400. The molecule has 0 saturated carbocycles. The molecule has 1 aliphatic heterocycles. The molecule has 31 heavy (non-hydrogen) atoms. The van der Waals surface area contributed by atoms with Crippen LogP contribution >= 0.6 is 11.6 Å². The predicted molar refractivity (Wildman–Crippen MR) is 106 cm³/mol. The van der Waals surface area contributed by atoms with Gasteiger partial charge >= 0.3 is 12.1 Å². The molecule has 0 fully saturated rings. The minimum atomic E-state index is -5.08. The third-order valence-corrected chi connectivity index (χ3v) is 4.97. The fourth-order valence-corrected chi connectivity index (χ4v) is 3.39. The zero-order valence-corrected chi connectivity index (χ0v) is 17.4. The molecule has 3 rings (SSSR count). The van der Waals surface area contributed by atoms with E-state index in [-0.39, 0.29) is 16.8 Å². The van der Waals surface area contributed by atoms with E-state index in [1.165, 1.54) is 11.8 Å². The first-order valence-electron chi connectivity index (χ1n) is 9.30. The van der Waals surface area contributed by atoms with E-state index in [9.17, 15) is 22.4 Å². The Balaban J connectivity index is 0.000000423. The summed E-state index contributed by atoms with van der Waals surface area (Å²) in [6.07, 6.45) is -2.54. The van der Waals surface area contributed by atoms with Crippen LogP contribution in [0.4, 0.5) is 17.6 Å². The van der Waals surface area contributed by atoms with Gasteiger partial charge in [-0.05, 0) is 35.7 Å². The van der Waals surface area contributed by atoms with Crippen LogP contribution in [0, 0.1) is 11.7 Å². The Bertz CT molecular complexity index is 917. The molecule has 1 aromatic heterocycles. The molecule has 2 heterocycles. The standard InChI is InChI=1S/C18H21ClFN3O.C2HF3O2/c1-21-18(24)8-14-10-22(12-15-3-2-6-23(15)11-14)9-13-4-5-16(19)17(20)7-13;3-2(4,5)1(6)7/h2-7,14H,8-12H2,1H3,(H,21,24);(H,6,7). The largest absolute Gasteiger partial charge is 0.490 e. The smallest absolute Gasteiger partial charge is 0.475 e. The normalized spacial score (nSPS) is 16.5. The lowest BCUT2D eigenvalue weighted by Crippen LogP contribution is -2.31. The van der Waals surface area contributed by atoms with Gasteiger partial charge in [0.15, 0.2) is 0 Å². The number of halogens is 5. The maximum atomic E-state index is 13.7. The summed E-state index contributed by atoms with van der Waals surface area (Å²) in [5.41, 5.74) is 2.10. The molecular weight excluding hydrogens is 442 g/mol. The molecule has 1 aliphatic rings. The summed E-state index contributed by atoms with van der Waals surface area (Å²) in [5.74, 6) is -2.88. The summed E-state index contributed by atoms with van der Waals surface area (Å²) in [4.78, 5) is 22.9. The highest BCUT2D eigenvalue weighted by Gasteiger charge is 2.38. The highest BCUT2D eigenvalue weighted by Crippen LogP contribution is 2.23. The third-order valence-electron chi connectivity index (χ3n) is 4.67. The van der Waals surface area contributed by atoms with Crippen LogP contribution in [0.3, 0.4) is 0 Å². The third kappa shape index (κ3) is 7.55. The topological polar surface area (TPSA) is 74.6 Å². The van der Waals surface area contributed by atoms with Gasteiger partial charge in [-0.15, -0.1) is 0 Å². The van der Waals surface area contributed by atoms with E-state index in [1.54, 1.807) is 13.1 Å². The number of amides is 1. The van der Waals surface area contributed by atoms with Crippen LogP contribution in [0.5, 0.6) is 0 Å². The number of hydrogen-bond donors (Lipinski definition) is 2. The zero-order valence-electron chi connectivity index (χ0n) is 16.6. The van der Waals surface area contributed by atoms with E-state index in [0.717, 1.165) is 25.2 Å².